The van der Waals surface area contributed by atoms with Crippen LogP contribution in [0.15, 0.2) is 42.1 Å². The second-order valence-electron chi connectivity index (χ2n) is 5.31. The van der Waals surface area contributed by atoms with Crippen LogP contribution >= 0.6 is 11.8 Å². The average molecular weight is 375 g/mol. The van der Waals surface area contributed by atoms with Crippen molar-refractivity contribution in [2.45, 2.75) is 17.8 Å². The number of allylic oxidation sites excluding steroid dienone is 1. The molecule has 3 rings (SSSR count). The van der Waals surface area contributed by atoms with E-state index < -0.39 is 18.0 Å². The molecule has 0 fully saturated rings. The molecular weight excluding hydrogens is 358 g/mol. The number of aromatic nitrogens is 3. The van der Waals surface area contributed by atoms with Gasteiger partial charge in [0.25, 0.3) is 0 Å². The molecule has 1 aliphatic rings. The Morgan fingerprint density at radius 3 is 2.88 bits per heavy atom. The number of benzene rings is 1. The number of urea groups is 1. The molecule has 136 valence electrons. The summed E-state index contributed by atoms with van der Waals surface area (Å²) in [6.07, 6.45) is 1.25. The number of nitrogens with one attached hydrogen (secondary N) is 1. The quantitative estimate of drug-likeness (QED) is 0.576. The van der Waals surface area contributed by atoms with Crippen LogP contribution in [0.3, 0.4) is 0 Å². The maximum Gasteiger partial charge on any atom is 0.318 e. The molecule has 1 aromatic carbocycles. The van der Waals surface area contributed by atoms with Gasteiger partial charge in [-0.15, -0.1) is 16.8 Å². The number of amides is 3. The van der Waals surface area contributed by atoms with Gasteiger partial charge in [0.05, 0.1) is 5.75 Å². The molecule has 1 aliphatic heterocycles. The summed E-state index contributed by atoms with van der Waals surface area (Å²) in [5, 5.41) is 10.8. The van der Waals surface area contributed by atoms with E-state index >= 15 is 0 Å². The number of rotatable bonds is 6. The standard InChI is InChI=1S/C16H17N5O4S/c1-2-7-21-14(12-8-24-10-5-3-4-6-11(10)25-12)19-20-16(21)26-9-13(22)18-15(17)23/h2-6,12H,1,7-9H2,(H3,17,18,22,23)/t12-/m0/s1. The van der Waals surface area contributed by atoms with Crippen molar-refractivity contribution in [1.82, 2.24) is 20.1 Å². The van der Waals surface area contributed by atoms with Crippen LogP contribution in [-0.2, 0) is 11.3 Å². The van der Waals surface area contributed by atoms with Crippen molar-refractivity contribution in [3.8, 4) is 11.5 Å². The molecule has 26 heavy (non-hydrogen) atoms. The van der Waals surface area contributed by atoms with Crippen molar-refractivity contribution >= 4 is 23.7 Å². The van der Waals surface area contributed by atoms with Gasteiger partial charge in [-0.05, 0) is 12.1 Å². The molecule has 0 spiro atoms. The SMILES string of the molecule is C=CCn1c(SCC(=O)NC(N)=O)nnc1[C@@H]1COc2ccccc2O1. The highest BCUT2D eigenvalue weighted by Crippen LogP contribution is 2.36. The molecule has 0 unspecified atom stereocenters. The van der Waals surface area contributed by atoms with Gasteiger partial charge in [-0.2, -0.15) is 0 Å². The monoisotopic (exact) mass is 375 g/mol. The number of nitrogens with zero attached hydrogens (tertiary/aromatic N) is 3. The maximum atomic E-state index is 11.6. The van der Waals surface area contributed by atoms with Gasteiger partial charge >= 0.3 is 6.03 Å². The fourth-order valence-electron chi connectivity index (χ4n) is 2.40. The summed E-state index contributed by atoms with van der Waals surface area (Å²) in [5.74, 6) is 1.34. The molecule has 0 saturated carbocycles. The topological polar surface area (TPSA) is 121 Å². The highest BCUT2D eigenvalue weighted by atomic mass is 32.2. The zero-order chi connectivity index (χ0) is 18.5. The van der Waals surface area contributed by atoms with Crippen LogP contribution in [0.25, 0.3) is 0 Å². The van der Waals surface area contributed by atoms with Gasteiger partial charge in [-0.25, -0.2) is 4.79 Å². The summed E-state index contributed by atoms with van der Waals surface area (Å²) in [6, 6.07) is 6.49. The molecule has 0 bridgehead atoms. The summed E-state index contributed by atoms with van der Waals surface area (Å²) in [7, 11) is 0. The lowest BCUT2D eigenvalue weighted by Gasteiger charge is -2.26. The van der Waals surface area contributed by atoms with Crippen molar-refractivity contribution in [2.24, 2.45) is 5.73 Å². The van der Waals surface area contributed by atoms with Gasteiger partial charge in [-0.3, -0.25) is 14.7 Å². The van der Waals surface area contributed by atoms with E-state index in [1.165, 1.54) is 0 Å². The van der Waals surface area contributed by atoms with Crippen LogP contribution in [0.2, 0.25) is 0 Å². The van der Waals surface area contributed by atoms with E-state index in [2.05, 4.69) is 16.8 Å². The van der Waals surface area contributed by atoms with Gasteiger partial charge < -0.3 is 15.2 Å². The molecule has 10 heteroatoms. The summed E-state index contributed by atoms with van der Waals surface area (Å²) in [4.78, 5) is 22.3. The fourth-order valence-corrected chi connectivity index (χ4v) is 3.15. The minimum absolute atomic E-state index is 0.0247. The largest absolute Gasteiger partial charge is 0.485 e. The number of fused-ring (bicyclic) bond motifs is 1. The molecule has 0 radical (unpaired) electrons. The number of ether oxygens (including phenoxy) is 2. The molecule has 0 aliphatic carbocycles. The van der Waals surface area contributed by atoms with Gasteiger partial charge in [0.1, 0.15) is 6.61 Å². The summed E-state index contributed by atoms with van der Waals surface area (Å²) in [5.41, 5.74) is 4.92. The Balaban J connectivity index is 1.76. The molecular formula is C16H17N5O4S. The van der Waals surface area contributed by atoms with Gasteiger partial charge in [0.2, 0.25) is 5.91 Å². The Morgan fingerprint density at radius 1 is 1.38 bits per heavy atom. The van der Waals surface area contributed by atoms with Crippen LogP contribution < -0.4 is 20.5 Å². The van der Waals surface area contributed by atoms with Crippen LogP contribution in [-0.4, -0.2) is 39.1 Å². The third-order valence-corrected chi connectivity index (χ3v) is 4.42. The van der Waals surface area contributed by atoms with E-state index in [0.717, 1.165) is 11.8 Å². The van der Waals surface area contributed by atoms with E-state index in [-0.39, 0.29) is 5.75 Å². The average Bonchev–Trinajstić information content (AvgIpc) is 3.02. The minimum Gasteiger partial charge on any atom is -0.485 e. The lowest BCUT2D eigenvalue weighted by Crippen LogP contribution is -2.36. The first-order valence-electron chi connectivity index (χ1n) is 7.73. The Morgan fingerprint density at radius 2 is 2.15 bits per heavy atom. The smallest absolute Gasteiger partial charge is 0.318 e. The lowest BCUT2D eigenvalue weighted by atomic mass is 10.2. The third kappa shape index (κ3) is 3.97. The number of nitrogens with two attached hydrogens (primary N) is 1. The first-order valence-corrected chi connectivity index (χ1v) is 8.71. The highest BCUT2D eigenvalue weighted by Gasteiger charge is 2.28. The van der Waals surface area contributed by atoms with Gasteiger partial charge in [-0.1, -0.05) is 30.0 Å². The minimum atomic E-state index is -0.893. The van der Waals surface area contributed by atoms with E-state index in [0.29, 0.717) is 35.6 Å². The number of hydrogen-bond donors (Lipinski definition) is 2. The van der Waals surface area contributed by atoms with Crippen molar-refractivity contribution in [2.75, 3.05) is 12.4 Å². The van der Waals surface area contributed by atoms with Crippen molar-refractivity contribution < 1.29 is 19.1 Å². The normalized spacial score (nSPS) is 15.3. The predicted octanol–water partition coefficient (Wildman–Crippen LogP) is 1.26. The molecule has 2 heterocycles. The van der Waals surface area contributed by atoms with E-state index in [4.69, 9.17) is 15.2 Å². The molecule has 3 amide bonds. The zero-order valence-corrected chi connectivity index (χ0v) is 14.6. The number of carbonyl (C=O) groups is 2. The Bertz CT molecular complexity index is 838. The molecule has 1 atom stereocenters. The van der Waals surface area contributed by atoms with E-state index in [1.807, 2.05) is 29.6 Å². The number of hydrogen-bond acceptors (Lipinski definition) is 7. The first kappa shape index (κ1) is 17.8. The van der Waals surface area contributed by atoms with Crippen LogP contribution in [0.4, 0.5) is 4.79 Å². The summed E-state index contributed by atoms with van der Waals surface area (Å²) >= 11 is 1.13. The summed E-state index contributed by atoms with van der Waals surface area (Å²) < 4.78 is 13.5. The Kier molecular flexibility index (Phi) is 5.42. The second-order valence-corrected chi connectivity index (χ2v) is 6.25. The fraction of sp³-hybridized carbons (Fsp3) is 0.250. The number of primary amides is 1. The van der Waals surface area contributed by atoms with Crippen molar-refractivity contribution in [3.63, 3.8) is 0 Å². The Labute approximate surface area is 153 Å². The summed E-state index contributed by atoms with van der Waals surface area (Å²) in [6.45, 7) is 4.46. The van der Waals surface area contributed by atoms with Crippen LogP contribution in [0.1, 0.15) is 11.9 Å². The zero-order valence-electron chi connectivity index (χ0n) is 13.8. The van der Waals surface area contributed by atoms with Crippen molar-refractivity contribution in [3.05, 3.63) is 42.7 Å². The molecule has 9 nitrogen and oxygen atoms in total. The molecule has 1 aromatic heterocycles. The molecule has 0 saturated heterocycles. The second kappa shape index (κ2) is 7.91. The number of imide groups is 1. The first-order chi connectivity index (χ1) is 12.6. The predicted molar refractivity (Wildman–Crippen MR) is 94.0 cm³/mol. The van der Waals surface area contributed by atoms with E-state index in [9.17, 15) is 9.59 Å². The third-order valence-electron chi connectivity index (χ3n) is 3.45. The lowest BCUT2D eigenvalue weighted by molar-refractivity contribution is -0.117. The van der Waals surface area contributed by atoms with Gasteiger partial charge in [0, 0.05) is 6.54 Å². The van der Waals surface area contributed by atoms with Gasteiger partial charge in [0.15, 0.2) is 28.6 Å². The van der Waals surface area contributed by atoms with Crippen LogP contribution in [0, 0.1) is 0 Å². The number of thioether (sulfide) groups is 1. The molecule has 2 aromatic rings. The van der Waals surface area contributed by atoms with Crippen LogP contribution in [0.5, 0.6) is 11.5 Å². The molecule has 3 N–H and O–H groups in total. The van der Waals surface area contributed by atoms with Crippen molar-refractivity contribution in [1.29, 1.82) is 0 Å². The Hall–Kier alpha value is -3.01. The highest BCUT2D eigenvalue weighted by molar-refractivity contribution is 7.99. The number of para-hydroxylation sites is 2. The van der Waals surface area contributed by atoms with E-state index in [1.54, 1.807) is 10.6 Å². The maximum absolute atomic E-state index is 11.6. The number of carbonyl (C=O) groups excluding carboxylic acids is 2.